The third-order valence-electron chi connectivity index (χ3n) is 2.87. The smallest absolute Gasteiger partial charge is 0.313 e. The molecule has 0 aromatic carbocycles. The van der Waals surface area contributed by atoms with E-state index in [0.29, 0.717) is 17.5 Å². The lowest BCUT2D eigenvalue weighted by atomic mass is 10.3. The number of aliphatic hydroxyl groups is 1. The van der Waals surface area contributed by atoms with Gasteiger partial charge in [-0.1, -0.05) is 11.8 Å². The summed E-state index contributed by atoms with van der Waals surface area (Å²) in [6, 6.07) is 0. The Hall–Kier alpha value is -1.87. The van der Waals surface area contributed by atoms with Gasteiger partial charge in [0.05, 0.1) is 12.1 Å². The number of carboxylic acid groups (broad SMARTS) is 1. The number of carboxylic acids is 1. The van der Waals surface area contributed by atoms with Crippen LogP contribution in [0.15, 0.2) is 23.9 Å². The van der Waals surface area contributed by atoms with Gasteiger partial charge in [-0.3, -0.25) is 4.79 Å². The second-order valence-electron chi connectivity index (χ2n) is 4.40. The van der Waals surface area contributed by atoms with Crippen LogP contribution in [-0.4, -0.2) is 46.3 Å². The van der Waals surface area contributed by atoms with Crippen LogP contribution in [0.1, 0.15) is 18.7 Å². The third kappa shape index (κ3) is 4.57. The monoisotopic (exact) mass is 311 g/mol. The summed E-state index contributed by atoms with van der Waals surface area (Å²) < 4.78 is 3.78. The highest BCUT2D eigenvalue weighted by Gasteiger charge is 2.12. The summed E-state index contributed by atoms with van der Waals surface area (Å²) in [5, 5.41) is 26.3. The van der Waals surface area contributed by atoms with Crippen LogP contribution < -0.4 is 0 Å². The van der Waals surface area contributed by atoms with Crippen LogP contribution in [0.2, 0.25) is 0 Å². The summed E-state index contributed by atoms with van der Waals surface area (Å²) in [6.07, 6.45) is 7.24. The van der Waals surface area contributed by atoms with Crippen LogP contribution >= 0.6 is 11.8 Å². The van der Waals surface area contributed by atoms with Crippen LogP contribution in [0.25, 0.3) is 0 Å². The highest BCUT2D eigenvalue weighted by Crippen LogP contribution is 2.17. The average Bonchev–Trinajstić information content (AvgIpc) is 3.10. The number of thioether (sulfide) groups is 1. The molecule has 2 rings (SSSR count). The number of aliphatic hydroxyl groups excluding tert-OH is 1. The topological polar surface area (TPSA) is 106 Å². The van der Waals surface area contributed by atoms with E-state index in [2.05, 4.69) is 15.2 Å². The van der Waals surface area contributed by atoms with Crippen molar-refractivity contribution in [1.82, 2.24) is 24.3 Å². The van der Waals surface area contributed by atoms with E-state index in [1.807, 2.05) is 10.8 Å². The van der Waals surface area contributed by atoms with E-state index in [4.69, 9.17) is 5.11 Å². The molecule has 21 heavy (non-hydrogen) atoms. The van der Waals surface area contributed by atoms with Crippen LogP contribution in [0.3, 0.4) is 0 Å². The summed E-state index contributed by atoms with van der Waals surface area (Å²) in [7, 11) is 0. The maximum absolute atomic E-state index is 10.6. The maximum Gasteiger partial charge on any atom is 0.313 e. The minimum absolute atomic E-state index is 0.0708. The van der Waals surface area contributed by atoms with E-state index in [-0.39, 0.29) is 12.4 Å². The van der Waals surface area contributed by atoms with Crippen molar-refractivity contribution < 1.29 is 15.0 Å². The number of carbonyl (C=O) groups is 1. The first-order valence-corrected chi connectivity index (χ1v) is 7.52. The quantitative estimate of drug-likeness (QED) is 0.516. The predicted molar refractivity (Wildman–Crippen MR) is 75.8 cm³/mol. The Morgan fingerprint density at radius 2 is 2.10 bits per heavy atom. The molecule has 0 unspecified atom stereocenters. The lowest BCUT2D eigenvalue weighted by Crippen LogP contribution is -2.08. The van der Waals surface area contributed by atoms with E-state index < -0.39 is 5.97 Å². The van der Waals surface area contributed by atoms with Gasteiger partial charge in [0.15, 0.2) is 11.0 Å². The summed E-state index contributed by atoms with van der Waals surface area (Å²) in [5.41, 5.74) is 0. The Morgan fingerprint density at radius 3 is 2.76 bits per heavy atom. The van der Waals surface area contributed by atoms with E-state index in [0.717, 1.165) is 31.1 Å². The number of aryl methyl sites for hydroxylation is 1. The van der Waals surface area contributed by atoms with Crippen LogP contribution in [0, 0.1) is 0 Å². The van der Waals surface area contributed by atoms with Gasteiger partial charge in [0, 0.05) is 25.5 Å². The molecule has 0 amide bonds. The van der Waals surface area contributed by atoms with Crippen molar-refractivity contribution >= 4 is 17.7 Å². The van der Waals surface area contributed by atoms with Crippen LogP contribution in [0.5, 0.6) is 0 Å². The first-order chi connectivity index (χ1) is 10.2. The summed E-state index contributed by atoms with van der Waals surface area (Å²) in [4.78, 5) is 14.6. The third-order valence-corrected chi connectivity index (χ3v) is 3.82. The fraction of sp³-hybridized carbons (Fsp3) is 0.500. The van der Waals surface area contributed by atoms with Crippen molar-refractivity contribution in [2.75, 3.05) is 5.75 Å². The number of imidazole rings is 1. The van der Waals surface area contributed by atoms with Crippen molar-refractivity contribution in [2.24, 2.45) is 0 Å². The highest BCUT2D eigenvalue weighted by atomic mass is 32.2. The first kappa shape index (κ1) is 15.5. The SMILES string of the molecule is O=C(O)CSc1nnc(CO)n1CCCCn1ccnc1. The van der Waals surface area contributed by atoms with E-state index in [1.54, 1.807) is 17.1 Å². The first-order valence-electron chi connectivity index (χ1n) is 6.54. The Kier molecular flexibility index (Phi) is 5.76. The fourth-order valence-electron chi connectivity index (χ4n) is 1.88. The second-order valence-corrected chi connectivity index (χ2v) is 5.34. The molecule has 0 radical (unpaired) electrons. The minimum atomic E-state index is -0.903. The Morgan fingerprint density at radius 1 is 1.29 bits per heavy atom. The Labute approximate surface area is 125 Å². The molecule has 2 heterocycles. The van der Waals surface area contributed by atoms with Gasteiger partial charge in [-0.15, -0.1) is 10.2 Å². The molecular formula is C12H17N5O3S. The van der Waals surface area contributed by atoms with Crippen molar-refractivity contribution in [3.05, 3.63) is 24.5 Å². The van der Waals surface area contributed by atoms with Crippen molar-refractivity contribution in [1.29, 1.82) is 0 Å². The molecule has 0 aliphatic rings. The van der Waals surface area contributed by atoms with Crippen molar-refractivity contribution in [3.63, 3.8) is 0 Å². The van der Waals surface area contributed by atoms with Gasteiger partial charge < -0.3 is 19.3 Å². The van der Waals surface area contributed by atoms with Crippen molar-refractivity contribution in [3.8, 4) is 0 Å². The summed E-state index contributed by atoms with van der Waals surface area (Å²) >= 11 is 1.11. The normalized spacial score (nSPS) is 10.9. The summed E-state index contributed by atoms with van der Waals surface area (Å²) in [5.74, 6) is -0.510. The molecule has 9 heteroatoms. The number of hydrogen-bond donors (Lipinski definition) is 2. The summed E-state index contributed by atoms with van der Waals surface area (Å²) in [6.45, 7) is 1.32. The molecule has 0 atom stereocenters. The molecule has 114 valence electrons. The Bertz CT molecular complexity index is 569. The number of aliphatic carboxylic acids is 1. The number of rotatable bonds is 9. The van der Waals surface area contributed by atoms with Gasteiger partial charge in [-0.25, -0.2) is 4.98 Å². The number of unbranched alkanes of at least 4 members (excludes halogenated alkanes) is 1. The highest BCUT2D eigenvalue weighted by molar-refractivity contribution is 7.99. The van der Waals surface area contributed by atoms with Crippen LogP contribution in [0.4, 0.5) is 0 Å². The molecule has 8 nitrogen and oxygen atoms in total. The molecular weight excluding hydrogens is 294 g/mol. The lowest BCUT2D eigenvalue weighted by molar-refractivity contribution is -0.133. The van der Waals surface area contributed by atoms with Gasteiger partial charge >= 0.3 is 5.97 Å². The Balaban J connectivity index is 1.87. The molecule has 0 aliphatic carbocycles. The van der Waals surface area contributed by atoms with Crippen LogP contribution in [-0.2, 0) is 24.5 Å². The van der Waals surface area contributed by atoms with E-state index in [9.17, 15) is 9.90 Å². The zero-order chi connectivity index (χ0) is 15.1. The molecule has 2 aromatic rings. The molecule has 2 N–H and O–H groups in total. The molecule has 0 bridgehead atoms. The number of aromatic nitrogens is 5. The van der Waals surface area contributed by atoms with Gasteiger partial charge in [-0.2, -0.15) is 0 Å². The molecule has 0 spiro atoms. The molecule has 0 saturated carbocycles. The number of hydrogen-bond acceptors (Lipinski definition) is 6. The standard InChI is InChI=1S/C12H17N5O3S/c18-7-10-14-15-12(21-8-11(19)20)17(10)5-2-1-4-16-6-3-13-9-16/h3,6,9,18H,1-2,4-5,7-8H2,(H,19,20). The van der Waals surface area contributed by atoms with E-state index in [1.165, 1.54) is 0 Å². The van der Waals surface area contributed by atoms with E-state index >= 15 is 0 Å². The second kappa shape index (κ2) is 7.79. The largest absolute Gasteiger partial charge is 0.481 e. The molecule has 0 saturated heterocycles. The number of nitrogens with zero attached hydrogens (tertiary/aromatic N) is 5. The lowest BCUT2D eigenvalue weighted by Gasteiger charge is -2.08. The fourth-order valence-corrected chi connectivity index (χ4v) is 2.58. The van der Waals surface area contributed by atoms with Gasteiger partial charge in [0.2, 0.25) is 0 Å². The van der Waals surface area contributed by atoms with Gasteiger partial charge in [-0.05, 0) is 12.8 Å². The predicted octanol–water partition coefficient (Wildman–Crippen LogP) is 0.624. The zero-order valence-electron chi connectivity index (χ0n) is 11.4. The van der Waals surface area contributed by atoms with Gasteiger partial charge in [0.1, 0.15) is 6.61 Å². The molecule has 0 aliphatic heterocycles. The molecule has 2 aromatic heterocycles. The molecule has 0 fully saturated rings. The minimum Gasteiger partial charge on any atom is -0.481 e. The van der Waals surface area contributed by atoms with Crippen molar-refractivity contribution in [2.45, 2.75) is 37.7 Å². The maximum atomic E-state index is 10.6. The average molecular weight is 311 g/mol. The van der Waals surface area contributed by atoms with Gasteiger partial charge in [0.25, 0.3) is 0 Å². The zero-order valence-corrected chi connectivity index (χ0v) is 12.2.